The van der Waals surface area contributed by atoms with Crippen LogP contribution < -0.4 is 9.80 Å². The zero-order valence-corrected chi connectivity index (χ0v) is 10.4. The molecule has 0 saturated carbocycles. The summed E-state index contributed by atoms with van der Waals surface area (Å²) in [5.74, 6) is 0. The van der Waals surface area contributed by atoms with E-state index < -0.39 is 0 Å². The molecule has 0 bridgehead atoms. The van der Waals surface area contributed by atoms with Gasteiger partial charge in [0.25, 0.3) is 5.24 Å². The lowest BCUT2D eigenvalue weighted by molar-refractivity contribution is 0.262. The zero-order valence-electron chi connectivity index (χ0n) is 9.57. The monoisotopic (exact) mass is 225 g/mol. The SMILES string of the molecule is CNC(=O)Sc1ccc([N+](C)(C)C)cc1. The highest BCUT2D eigenvalue weighted by molar-refractivity contribution is 8.13. The van der Waals surface area contributed by atoms with Crippen LogP contribution in [0.4, 0.5) is 10.5 Å². The molecule has 1 rings (SSSR count). The predicted molar refractivity (Wildman–Crippen MR) is 66.3 cm³/mol. The summed E-state index contributed by atoms with van der Waals surface area (Å²) in [5.41, 5.74) is 1.22. The molecule has 0 fully saturated rings. The van der Waals surface area contributed by atoms with E-state index in [0.717, 1.165) is 9.38 Å². The van der Waals surface area contributed by atoms with Crippen molar-refractivity contribution < 1.29 is 4.79 Å². The minimum atomic E-state index is -0.0343. The molecule has 1 aromatic carbocycles. The molecule has 0 aliphatic heterocycles. The van der Waals surface area contributed by atoms with E-state index in [1.807, 2.05) is 24.3 Å². The van der Waals surface area contributed by atoms with Crippen LogP contribution >= 0.6 is 11.8 Å². The summed E-state index contributed by atoms with van der Waals surface area (Å²) in [7, 11) is 7.97. The molecule has 0 unspecified atom stereocenters. The molecular formula is C11H17N2OS+. The highest BCUT2D eigenvalue weighted by Crippen LogP contribution is 2.23. The van der Waals surface area contributed by atoms with Crippen LogP contribution in [-0.4, -0.2) is 33.4 Å². The fourth-order valence-electron chi connectivity index (χ4n) is 1.12. The summed E-state index contributed by atoms with van der Waals surface area (Å²) in [6.45, 7) is 0. The van der Waals surface area contributed by atoms with Gasteiger partial charge in [0.1, 0.15) is 5.69 Å². The van der Waals surface area contributed by atoms with E-state index in [9.17, 15) is 4.79 Å². The molecular weight excluding hydrogens is 208 g/mol. The second-order valence-electron chi connectivity index (χ2n) is 4.15. The molecule has 0 heterocycles. The number of carbonyl (C=O) groups is 1. The Morgan fingerprint density at radius 2 is 1.73 bits per heavy atom. The number of hydrogen-bond acceptors (Lipinski definition) is 2. The smallest absolute Gasteiger partial charge is 0.283 e. The number of rotatable bonds is 2. The van der Waals surface area contributed by atoms with Crippen molar-refractivity contribution in [2.75, 3.05) is 28.2 Å². The number of benzene rings is 1. The number of carbonyl (C=O) groups excluding carboxylic acids is 1. The molecule has 82 valence electrons. The molecule has 3 nitrogen and oxygen atoms in total. The summed E-state index contributed by atoms with van der Waals surface area (Å²) in [6.07, 6.45) is 0. The van der Waals surface area contributed by atoms with E-state index >= 15 is 0 Å². The van der Waals surface area contributed by atoms with Gasteiger partial charge in [-0.1, -0.05) is 0 Å². The van der Waals surface area contributed by atoms with Gasteiger partial charge in [-0.3, -0.25) is 9.28 Å². The van der Waals surface area contributed by atoms with Crippen molar-refractivity contribution >= 4 is 22.7 Å². The van der Waals surface area contributed by atoms with Crippen LogP contribution in [0.1, 0.15) is 0 Å². The lowest BCUT2D eigenvalue weighted by Gasteiger charge is -2.23. The molecule has 0 spiro atoms. The number of hydrogen-bond donors (Lipinski definition) is 1. The van der Waals surface area contributed by atoms with Crippen LogP contribution in [0.25, 0.3) is 0 Å². The number of nitrogens with zero attached hydrogens (tertiary/aromatic N) is 1. The van der Waals surface area contributed by atoms with Crippen LogP contribution in [0.3, 0.4) is 0 Å². The molecule has 0 saturated heterocycles. The summed E-state index contributed by atoms with van der Waals surface area (Å²) in [6, 6.07) is 8.04. The number of nitrogens with one attached hydrogen (secondary N) is 1. The molecule has 0 radical (unpaired) electrons. The van der Waals surface area contributed by atoms with Crippen molar-refractivity contribution in [2.24, 2.45) is 0 Å². The average molecular weight is 225 g/mol. The van der Waals surface area contributed by atoms with Crippen LogP contribution in [0.15, 0.2) is 29.2 Å². The Balaban J connectivity index is 2.77. The highest BCUT2D eigenvalue weighted by Gasteiger charge is 2.11. The molecule has 15 heavy (non-hydrogen) atoms. The van der Waals surface area contributed by atoms with Gasteiger partial charge in [-0.25, -0.2) is 0 Å². The van der Waals surface area contributed by atoms with Crippen molar-refractivity contribution in [1.82, 2.24) is 9.80 Å². The van der Waals surface area contributed by atoms with E-state index in [0.29, 0.717) is 0 Å². The van der Waals surface area contributed by atoms with Crippen LogP contribution in [0.5, 0.6) is 0 Å². The van der Waals surface area contributed by atoms with Crippen molar-refractivity contribution in [1.29, 1.82) is 0 Å². The fourth-order valence-corrected chi connectivity index (χ4v) is 1.71. The normalized spacial score (nSPS) is 11.2. The Kier molecular flexibility index (Phi) is 3.77. The molecule has 0 aliphatic carbocycles. The van der Waals surface area contributed by atoms with Gasteiger partial charge in [0.2, 0.25) is 0 Å². The minimum Gasteiger partial charge on any atom is -0.350 e. The average Bonchev–Trinajstić information content (AvgIpc) is 2.17. The third-order valence-electron chi connectivity index (χ3n) is 2.03. The predicted octanol–water partition coefficient (Wildman–Crippen LogP) is 2.31. The summed E-state index contributed by atoms with van der Waals surface area (Å²) in [4.78, 5) is 12.1. The maximum atomic E-state index is 11.1. The lowest BCUT2D eigenvalue weighted by atomic mass is 10.3. The second kappa shape index (κ2) is 4.68. The van der Waals surface area contributed by atoms with Gasteiger partial charge < -0.3 is 5.32 Å². The van der Waals surface area contributed by atoms with Crippen molar-refractivity contribution in [3.8, 4) is 0 Å². The van der Waals surface area contributed by atoms with Gasteiger partial charge in [0, 0.05) is 24.1 Å². The first-order chi connectivity index (χ1) is 6.93. The van der Waals surface area contributed by atoms with E-state index in [1.165, 1.54) is 17.4 Å². The first kappa shape index (κ1) is 12.1. The minimum absolute atomic E-state index is 0.0343. The quantitative estimate of drug-likeness (QED) is 0.618. The van der Waals surface area contributed by atoms with Gasteiger partial charge >= 0.3 is 0 Å². The van der Waals surface area contributed by atoms with Gasteiger partial charge in [0.05, 0.1) is 21.1 Å². The van der Waals surface area contributed by atoms with Crippen LogP contribution in [0.2, 0.25) is 0 Å². The third-order valence-corrected chi connectivity index (χ3v) is 2.92. The topological polar surface area (TPSA) is 29.1 Å². The van der Waals surface area contributed by atoms with E-state index in [1.54, 1.807) is 7.05 Å². The van der Waals surface area contributed by atoms with Crippen molar-refractivity contribution in [2.45, 2.75) is 4.90 Å². The van der Waals surface area contributed by atoms with Gasteiger partial charge in [-0.2, -0.15) is 0 Å². The van der Waals surface area contributed by atoms with E-state index in [-0.39, 0.29) is 5.24 Å². The van der Waals surface area contributed by atoms with Gasteiger partial charge in [-0.15, -0.1) is 0 Å². The molecule has 4 heteroatoms. The first-order valence-electron chi connectivity index (χ1n) is 4.75. The highest BCUT2D eigenvalue weighted by atomic mass is 32.2. The maximum Gasteiger partial charge on any atom is 0.283 e. The first-order valence-corrected chi connectivity index (χ1v) is 5.57. The van der Waals surface area contributed by atoms with E-state index in [4.69, 9.17) is 0 Å². The van der Waals surface area contributed by atoms with Crippen molar-refractivity contribution in [3.63, 3.8) is 0 Å². The Morgan fingerprint density at radius 3 is 2.13 bits per heavy atom. The van der Waals surface area contributed by atoms with E-state index in [2.05, 4.69) is 26.5 Å². The van der Waals surface area contributed by atoms with Crippen molar-refractivity contribution in [3.05, 3.63) is 24.3 Å². The Morgan fingerprint density at radius 1 is 1.20 bits per heavy atom. The van der Waals surface area contributed by atoms with Crippen LogP contribution in [-0.2, 0) is 0 Å². The molecule has 1 amide bonds. The lowest BCUT2D eigenvalue weighted by Crippen LogP contribution is -2.34. The molecule has 0 atom stereocenters. The molecule has 1 aromatic rings. The second-order valence-corrected chi connectivity index (χ2v) is 5.19. The molecule has 1 N–H and O–H groups in total. The largest absolute Gasteiger partial charge is 0.350 e. The Labute approximate surface area is 95.1 Å². The Bertz CT molecular complexity index is 341. The van der Waals surface area contributed by atoms with Gasteiger partial charge in [0.15, 0.2) is 0 Å². The number of thioether (sulfide) groups is 1. The van der Waals surface area contributed by atoms with Crippen LogP contribution in [0, 0.1) is 0 Å². The summed E-state index contributed by atoms with van der Waals surface area (Å²) in [5, 5.41) is 2.54. The third kappa shape index (κ3) is 3.57. The molecule has 0 aliphatic rings. The Hall–Kier alpha value is -1.00. The summed E-state index contributed by atoms with van der Waals surface area (Å²) >= 11 is 1.21. The molecule has 0 aromatic heterocycles. The van der Waals surface area contributed by atoms with Gasteiger partial charge in [-0.05, 0) is 23.9 Å². The maximum absolute atomic E-state index is 11.1. The summed E-state index contributed by atoms with van der Waals surface area (Å²) < 4.78 is 0.783. The standard InChI is InChI=1S/C11H16N2OS/c1-12-11(14)15-10-7-5-9(6-8-10)13(2,3)4/h5-8H,1-4H3/p+1. The zero-order chi connectivity index (χ0) is 11.5. The number of quaternary nitrogens is 1. The number of amides is 1. The fraction of sp³-hybridized carbons (Fsp3) is 0.364.